The summed E-state index contributed by atoms with van der Waals surface area (Å²) < 4.78 is 0. The van der Waals surface area contributed by atoms with Crippen LogP contribution in [0.5, 0.6) is 0 Å². The lowest BCUT2D eigenvalue weighted by molar-refractivity contribution is -0.122. The molecule has 1 aromatic heterocycles. The van der Waals surface area contributed by atoms with E-state index in [1.807, 2.05) is 5.38 Å². The van der Waals surface area contributed by atoms with Crippen LogP contribution in [-0.2, 0) is 11.3 Å². The van der Waals surface area contributed by atoms with Gasteiger partial charge in [0, 0.05) is 18.0 Å². The van der Waals surface area contributed by atoms with E-state index in [1.165, 1.54) is 11.3 Å². The third kappa shape index (κ3) is 3.17. The Morgan fingerprint density at radius 2 is 2.64 bits per heavy atom. The van der Waals surface area contributed by atoms with Gasteiger partial charge in [0.15, 0.2) is 0 Å². The van der Waals surface area contributed by atoms with Crippen LogP contribution in [-0.4, -0.2) is 16.9 Å². The van der Waals surface area contributed by atoms with Crippen molar-refractivity contribution in [3.05, 3.63) is 16.6 Å². The van der Waals surface area contributed by atoms with Crippen LogP contribution in [0.1, 0.15) is 11.4 Å². The molecule has 1 heterocycles. The zero-order valence-corrected chi connectivity index (χ0v) is 8.38. The third-order valence-electron chi connectivity index (χ3n) is 1.57. The molecule has 0 aliphatic carbocycles. The van der Waals surface area contributed by atoms with Crippen LogP contribution in [0.25, 0.3) is 0 Å². The van der Waals surface area contributed by atoms with Crippen molar-refractivity contribution >= 4 is 17.2 Å². The highest BCUT2D eigenvalue weighted by molar-refractivity contribution is 7.09. The van der Waals surface area contributed by atoms with E-state index in [4.69, 9.17) is 12.2 Å². The Balaban J connectivity index is 2.32. The molecule has 1 aromatic rings. The molecule has 1 atom stereocenters. The first-order chi connectivity index (χ1) is 6.74. The molecule has 1 unspecified atom stereocenters. The third-order valence-corrected chi connectivity index (χ3v) is 2.35. The Bertz CT molecular complexity index is 328. The maximum atomic E-state index is 11.3. The van der Waals surface area contributed by atoms with E-state index in [9.17, 15) is 4.79 Å². The van der Waals surface area contributed by atoms with Gasteiger partial charge in [-0.2, -0.15) is 0 Å². The molecule has 0 aliphatic rings. The smallest absolute Gasteiger partial charge is 0.238 e. The molecule has 0 bridgehead atoms. The molecule has 0 aromatic carbocycles. The summed E-state index contributed by atoms with van der Waals surface area (Å²) in [6, 6.07) is -0.625. The van der Waals surface area contributed by atoms with Crippen LogP contribution in [0.15, 0.2) is 11.6 Å². The van der Waals surface area contributed by atoms with Crippen molar-refractivity contribution in [2.45, 2.75) is 19.0 Å². The van der Waals surface area contributed by atoms with E-state index < -0.39 is 6.04 Å². The molecule has 1 amide bonds. The number of aromatic nitrogens is 1. The van der Waals surface area contributed by atoms with Crippen LogP contribution in [0, 0.1) is 12.3 Å². The number of carbonyl (C=O) groups is 1. The number of nitrogens with zero attached hydrogens (tertiary/aromatic N) is 1. The normalized spacial score (nSPS) is 11.7. The van der Waals surface area contributed by atoms with Crippen molar-refractivity contribution in [1.82, 2.24) is 10.3 Å². The van der Waals surface area contributed by atoms with Gasteiger partial charge in [0.1, 0.15) is 5.01 Å². The van der Waals surface area contributed by atoms with E-state index in [0.717, 1.165) is 5.01 Å². The molecule has 0 fully saturated rings. The van der Waals surface area contributed by atoms with Gasteiger partial charge in [0.25, 0.3) is 0 Å². The summed E-state index contributed by atoms with van der Waals surface area (Å²) in [5.74, 6) is 2.10. The van der Waals surface area contributed by atoms with Crippen molar-refractivity contribution in [2.75, 3.05) is 0 Å². The molecular formula is C9H11N3OS. The van der Waals surface area contributed by atoms with Gasteiger partial charge >= 0.3 is 0 Å². The maximum absolute atomic E-state index is 11.3. The molecular weight excluding hydrogens is 198 g/mol. The maximum Gasteiger partial charge on any atom is 0.238 e. The van der Waals surface area contributed by atoms with E-state index in [-0.39, 0.29) is 12.3 Å². The molecule has 0 saturated heterocycles. The monoisotopic (exact) mass is 209 g/mol. The van der Waals surface area contributed by atoms with Gasteiger partial charge in [0.05, 0.1) is 12.6 Å². The van der Waals surface area contributed by atoms with Crippen molar-refractivity contribution in [3.63, 3.8) is 0 Å². The first-order valence-electron chi connectivity index (χ1n) is 4.09. The van der Waals surface area contributed by atoms with Gasteiger partial charge in [-0.1, -0.05) is 0 Å². The van der Waals surface area contributed by atoms with Gasteiger partial charge in [-0.25, -0.2) is 4.98 Å². The van der Waals surface area contributed by atoms with E-state index in [2.05, 4.69) is 16.2 Å². The van der Waals surface area contributed by atoms with E-state index in [0.29, 0.717) is 6.54 Å². The second-order valence-corrected chi connectivity index (χ2v) is 3.64. The Morgan fingerprint density at radius 1 is 1.86 bits per heavy atom. The topological polar surface area (TPSA) is 68.0 Å². The quantitative estimate of drug-likeness (QED) is 0.692. The first kappa shape index (κ1) is 10.7. The fourth-order valence-corrected chi connectivity index (χ4v) is 1.41. The molecule has 3 N–H and O–H groups in total. The number of thiazole rings is 1. The van der Waals surface area contributed by atoms with Gasteiger partial charge in [-0.3, -0.25) is 4.79 Å². The van der Waals surface area contributed by atoms with Gasteiger partial charge in [-0.15, -0.1) is 23.7 Å². The lowest BCUT2D eigenvalue weighted by atomic mass is 10.2. The minimum absolute atomic E-state index is 0.238. The Kier molecular flexibility index (Phi) is 4.11. The molecule has 74 valence electrons. The summed E-state index contributed by atoms with van der Waals surface area (Å²) in [6.07, 6.45) is 6.98. The average molecular weight is 209 g/mol. The molecule has 0 aliphatic heterocycles. The van der Waals surface area contributed by atoms with Gasteiger partial charge in [-0.05, 0) is 0 Å². The highest BCUT2D eigenvalue weighted by Crippen LogP contribution is 2.02. The number of amides is 1. The second kappa shape index (κ2) is 5.37. The molecule has 4 nitrogen and oxygen atoms in total. The summed E-state index contributed by atoms with van der Waals surface area (Å²) in [5.41, 5.74) is 5.50. The standard InChI is InChI=1S/C9H11N3OS/c1-2-3-7(10)9(13)12-6-8-11-4-5-14-8/h1,4-5,7H,3,6,10H2,(H,12,13). The fourth-order valence-electron chi connectivity index (χ4n) is 0.854. The van der Waals surface area contributed by atoms with Crippen molar-refractivity contribution < 1.29 is 4.79 Å². The SMILES string of the molecule is C#CCC(N)C(=O)NCc1nccs1. The molecule has 0 radical (unpaired) electrons. The Hall–Kier alpha value is -1.38. The van der Waals surface area contributed by atoms with Crippen LogP contribution < -0.4 is 11.1 Å². The van der Waals surface area contributed by atoms with Crippen molar-refractivity contribution in [3.8, 4) is 12.3 Å². The summed E-state index contributed by atoms with van der Waals surface area (Å²) in [4.78, 5) is 15.3. The zero-order valence-electron chi connectivity index (χ0n) is 7.56. The highest BCUT2D eigenvalue weighted by atomic mass is 32.1. The zero-order chi connectivity index (χ0) is 10.4. The molecule has 0 saturated carbocycles. The molecule has 1 rings (SSSR count). The van der Waals surface area contributed by atoms with Crippen LogP contribution >= 0.6 is 11.3 Å². The molecule has 14 heavy (non-hydrogen) atoms. The number of hydrogen-bond donors (Lipinski definition) is 2. The van der Waals surface area contributed by atoms with Crippen molar-refractivity contribution in [2.24, 2.45) is 5.73 Å². The van der Waals surface area contributed by atoms with Crippen LogP contribution in [0.4, 0.5) is 0 Å². The lowest BCUT2D eigenvalue weighted by Gasteiger charge is -2.07. The van der Waals surface area contributed by atoms with Crippen LogP contribution in [0.2, 0.25) is 0 Å². The summed E-state index contributed by atoms with van der Waals surface area (Å²) in [6.45, 7) is 0.411. The first-order valence-corrected chi connectivity index (χ1v) is 4.97. The largest absolute Gasteiger partial charge is 0.348 e. The number of nitrogens with two attached hydrogens (primary N) is 1. The number of carbonyl (C=O) groups excluding carboxylic acids is 1. The average Bonchev–Trinajstić information content (AvgIpc) is 2.67. The number of hydrogen-bond acceptors (Lipinski definition) is 4. The highest BCUT2D eigenvalue weighted by Gasteiger charge is 2.11. The Labute approximate surface area is 86.5 Å². The molecule has 0 spiro atoms. The number of nitrogens with one attached hydrogen (secondary N) is 1. The number of rotatable bonds is 4. The predicted molar refractivity (Wildman–Crippen MR) is 55.4 cm³/mol. The van der Waals surface area contributed by atoms with E-state index >= 15 is 0 Å². The lowest BCUT2D eigenvalue weighted by Crippen LogP contribution is -2.39. The summed E-state index contributed by atoms with van der Waals surface area (Å²) >= 11 is 1.48. The predicted octanol–water partition coefficient (Wildman–Crippen LogP) is 0.110. The van der Waals surface area contributed by atoms with Gasteiger partial charge in [0.2, 0.25) is 5.91 Å². The van der Waals surface area contributed by atoms with Gasteiger partial charge < -0.3 is 11.1 Å². The summed E-state index contributed by atoms with van der Waals surface area (Å²) in [5, 5.41) is 5.36. The molecule has 5 heteroatoms. The van der Waals surface area contributed by atoms with E-state index in [1.54, 1.807) is 6.20 Å². The fraction of sp³-hybridized carbons (Fsp3) is 0.333. The van der Waals surface area contributed by atoms with Crippen LogP contribution in [0.3, 0.4) is 0 Å². The number of terminal acetylenes is 1. The minimum atomic E-state index is -0.625. The summed E-state index contributed by atoms with van der Waals surface area (Å²) in [7, 11) is 0. The second-order valence-electron chi connectivity index (χ2n) is 2.66. The minimum Gasteiger partial charge on any atom is -0.348 e. The Morgan fingerprint density at radius 3 is 3.21 bits per heavy atom. The van der Waals surface area contributed by atoms with Crippen molar-refractivity contribution in [1.29, 1.82) is 0 Å².